The normalized spacial score (nSPS) is 11.4. The first-order chi connectivity index (χ1) is 14.7. The van der Waals surface area contributed by atoms with E-state index in [1.807, 2.05) is 0 Å². The van der Waals surface area contributed by atoms with E-state index in [-0.39, 0.29) is 0 Å². The molecule has 30 heavy (non-hydrogen) atoms. The molecule has 0 heterocycles. The zero-order valence-electron chi connectivity index (χ0n) is 21.1. The van der Waals surface area contributed by atoms with Crippen molar-refractivity contribution in [3.05, 3.63) is 29.8 Å². The molecule has 0 atom stereocenters. The number of unbranched alkanes of at least 4 members (excludes halogenated alkanes) is 14. The van der Waals surface area contributed by atoms with E-state index in [9.17, 15) is 0 Å². The van der Waals surface area contributed by atoms with Crippen LogP contribution >= 0.6 is 0 Å². The van der Waals surface area contributed by atoms with Crippen LogP contribution in [0.4, 0.5) is 5.69 Å². The monoisotopic (exact) mass is 415 g/mol. The maximum absolute atomic E-state index is 2.66. The summed E-state index contributed by atoms with van der Waals surface area (Å²) in [6, 6.07) is 9.42. The second-order valence-electron chi connectivity index (χ2n) is 9.68. The van der Waals surface area contributed by atoms with E-state index in [2.05, 4.69) is 56.9 Å². The van der Waals surface area contributed by atoms with E-state index >= 15 is 0 Å². The van der Waals surface area contributed by atoms with Crippen molar-refractivity contribution in [2.24, 2.45) is 0 Å². The first-order valence-electron chi connectivity index (χ1n) is 13.5. The zero-order valence-corrected chi connectivity index (χ0v) is 21.1. The molecule has 0 saturated carbocycles. The summed E-state index contributed by atoms with van der Waals surface area (Å²) in [5.41, 5.74) is 2.89. The van der Waals surface area contributed by atoms with Crippen molar-refractivity contribution in [3.8, 4) is 0 Å². The lowest BCUT2D eigenvalue weighted by Gasteiger charge is -2.25. The van der Waals surface area contributed by atoms with Crippen molar-refractivity contribution < 1.29 is 0 Å². The van der Waals surface area contributed by atoms with Gasteiger partial charge in [-0.3, -0.25) is 0 Å². The van der Waals surface area contributed by atoms with E-state index in [1.54, 1.807) is 0 Å². The Morgan fingerprint density at radius 2 is 0.900 bits per heavy atom. The molecule has 1 nitrogen and oxygen atoms in total. The van der Waals surface area contributed by atoms with E-state index in [0.29, 0.717) is 5.92 Å². The van der Waals surface area contributed by atoms with Crippen LogP contribution in [0, 0.1) is 0 Å². The highest BCUT2D eigenvalue weighted by molar-refractivity contribution is 5.48. The number of benzene rings is 1. The molecule has 174 valence electrons. The van der Waals surface area contributed by atoms with Crippen molar-refractivity contribution in [1.29, 1.82) is 0 Å². The van der Waals surface area contributed by atoms with Gasteiger partial charge in [0.1, 0.15) is 0 Å². The van der Waals surface area contributed by atoms with E-state index in [0.717, 1.165) is 0 Å². The Morgan fingerprint density at radius 1 is 0.533 bits per heavy atom. The molecule has 1 aromatic carbocycles. The van der Waals surface area contributed by atoms with Crippen LogP contribution in [0.25, 0.3) is 0 Å². The molecule has 0 aromatic heterocycles. The SMILES string of the molecule is CCCCCCCCCCN(CCCCCCCCCC)c1ccc(C(C)C)cc1. The highest BCUT2D eigenvalue weighted by atomic mass is 15.1. The van der Waals surface area contributed by atoms with Crippen LogP contribution in [0.1, 0.15) is 142 Å². The summed E-state index contributed by atoms with van der Waals surface area (Å²) in [5.74, 6) is 0.618. The molecule has 0 saturated heterocycles. The van der Waals surface area contributed by atoms with Crippen molar-refractivity contribution in [3.63, 3.8) is 0 Å². The van der Waals surface area contributed by atoms with Gasteiger partial charge in [-0.2, -0.15) is 0 Å². The second kappa shape index (κ2) is 18.8. The third-order valence-electron chi connectivity index (χ3n) is 6.49. The van der Waals surface area contributed by atoms with Crippen LogP contribution in [0.3, 0.4) is 0 Å². The topological polar surface area (TPSA) is 3.24 Å². The third kappa shape index (κ3) is 13.3. The van der Waals surface area contributed by atoms with Crippen molar-refractivity contribution >= 4 is 5.69 Å². The van der Waals surface area contributed by atoms with E-state index in [1.165, 1.54) is 127 Å². The van der Waals surface area contributed by atoms with Crippen LogP contribution < -0.4 is 4.90 Å². The first-order valence-corrected chi connectivity index (χ1v) is 13.5. The minimum Gasteiger partial charge on any atom is -0.372 e. The Balaban J connectivity index is 2.36. The van der Waals surface area contributed by atoms with Gasteiger partial charge in [0.2, 0.25) is 0 Å². The maximum Gasteiger partial charge on any atom is 0.0366 e. The quantitative estimate of drug-likeness (QED) is 0.191. The van der Waals surface area contributed by atoms with Crippen LogP contribution in [-0.2, 0) is 0 Å². The smallest absolute Gasteiger partial charge is 0.0366 e. The Morgan fingerprint density at radius 3 is 1.27 bits per heavy atom. The second-order valence-corrected chi connectivity index (χ2v) is 9.68. The Kier molecular flexibility index (Phi) is 16.9. The van der Waals surface area contributed by atoms with Gasteiger partial charge in [0.25, 0.3) is 0 Å². The number of nitrogens with zero attached hydrogens (tertiary/aromatic N) is 1. The predicted octanol–water partition coefficient (Wildman–Crippen LogP) is 9.90. The molecule has 1 rings (SSSR count). The lowest BCUT2D eigenvalue weighted by atomic mass is 10.0. The minimum absolute atomic E-state index is 0.618. The molecule has 0 fully saturated rings. The van der Waals surface area contributed by atoms with Gasteiger partial charge >= 0.3 is 0 Å². The van der Waals surface area contributed by atoms with Crippen molar-refractivity contribution in [1.82, 2.24) is 0 Å². The van der Waals surface area contributed by atoms with Gasteiger partial charge in [-0.1, -0.05) is 130 Å². The minimum atomic E-state index is 0.618. The van der Waals surface area contributed by atoms with Gasteiger partial charge in [-0.15, -0.1) is 0 Å². The fourth-order valence-corrected chi connectivity index (χ4v) is 4.31. The fourth-order valence-electron chi connectivity index (χ4n) is 4.31. The lowest BCUT2D eigenvalue weighted by molar-refractivity contribution is 0.555. The Labute approximate surface area is 190 Å². The van der Waals surface area contributed by atoms with E-state index < -0.39 is 0 Å². The average Bonchev–Trinajstić information content (AvgIpc) is 2.76. The van der Waals surface area contributed by atoms with Crippen LogP contribution in [0.2, 0.25) is 0 Å². The van der Waals surface area contributed by atoms with Gasteiger partial charge in [0.05, 0.1) is 0 Å². The van der Waals surface area contributed by atoms with Gasteiger partial charge < -0.3 is 4.90 Å². The Hall–Kier alpha value is -0.980. The number of rotatable bonds is 20. The number of hydrogen-bond acceptors (Lipinski definition) is 1. The summed E-state index contributed by atoms with van der Waals surface area (Å²) in [6.07, 6.45) is 22.4. The predicted molar refractivity (Wildman–Crippen MR) is 138 cm³/mol. The van der Waals surface area contributed by atoms with Crippen LogP contribution in [0.15, 0.2) is 24.3 Å². The molecule has 0 aliphatic carbocycles. The molecule has 0 spiro atoms. The van der Waals surface area contributed by atoms with Crippen molar-refractivity contribution in [2.75, 3.05) is 18.0 Å². The summed E-state index contributed by atoms with van der Waals surface area (Å²) >= 11 is 0. The summed E-state index contributed by atoms with van der Waals surface area (Å²) in [5, 5.41) is 0. The molecule has 0 N–H and O–H groups in total. The first kappa shape index (κ1) is 27.1. The summed E-state index contributed by atoms with van der Waals surface area (Å²) in [4.78, 5) is 2.66. The molecule has 0 aliphatic heterocycles. The van der Waals surface area contributed by atoms with Gasteiger partial charge in [-0.05, 0) is 36.5 Å². The molecule has 1 aromatic rings. The largest absolute Gasteiger partial charge is 0.372 e. The standard InChI is InChI=1S/C29H53N/c1-5-7-9-11-13-15-17-19-25-30(26-20-18-16-14-12-10-8-6-2)29-23-21-28(22-24-29)27(3)4/h21-24,27H,5-20,25-26H2,1-4H3. The van der Waals surface area contributed by atoms with Gasteiger partial charge in [0, 0.05) is 18.8 Å². The highest BCUT2D eigenvalue weighted by Gasteiger charge is 2.07. The molecular formula is C29H53N. The molecule has 1 heteroatoms. The molecule has 0 radical (unpaired) electrons. The maximum atomic E-state index is 2.66. The Bertz CT molecular complexity index is 456. The average molecular weight is 416 g/mol. The van der Waals surface area contributed by atoms with Crippen LogP contribution in [-0.4, -0.2) is 13.1 Å². The fraction of sp³-hybridized carbons (Fsp3) is 0.793. The molecule has 0 unspecified atom stereocenters. The molecule has 0 aliphatic rings. The highest BCUT2D eigenvalue weighted by Crippen LogP contribution is 2.22. The van der Waals surface area contributed by atoms with Crippen molar-refractivity contribution in [2.45, 2.75) is 136 Å². The number of hydrogen-bond donors (Lipinski definition) is 0. The van der Waals surface area contributed by atoms with Gasteiger partial charge in [-0.25, -0.2) is 0 Å². The molecular weight excluding hydrogens is 362 g/mol. The number of anilines is 1. The van der Waals surface area contributed by atoms with Gasteiger partial charge in [0.15, 0.2) is 0 Å². The van der Waals surface area contributed by atoms with Crippen LogP contribution in [0.5, 0.6) is 0 Å². The third-order valence-corrected chi connectivity index (χ3v) is 6.49. The molecule has 0 bridgehead atoms. The summed E-state index contributed by atoms with van der Waals surface area (Å²) in [6.45, 7) is 11.6. The molecule has 0 amide bonds. The summed E-state index contributed by atoms with van der Waals surface area (Å²) < 4.78 is 0. The van der Waals surface area contributed by atoms with E-state index in [4.69, 9.17) is 0 Å². The lowest BCUT2D eigenvalue weighted by Crippen LogP contribution is -2.25. The summed E-state index contributed by atoms with van der Waals surface area (Å²) in [7, 11) is 0. The zero-order chi connectivity index (χ0) is 21.9.